The Bertz CT molecular complexity index is 798. The molecule has 0 bridgehead atoms. The van der Waals surface area contributed by atoms with Gasteiger partial charge < -0.3 is 9.97 Å². The largest absolute Gasteiger partial charge is 0.323 e. The summed E-state index contributed by atoms with van der Waals surface area (Å²) in [6.45, 7) is 2.90. The predicted molar refractivity (Wildman–Crippen MR) is 76.3 cm³/mol. The number of fused-ring (bicyclic) bond motifs is 1. The maximum atomic E-state index is 12.7. The standard InChI is InChI=1S/C13H17N3O3S/c1-9-7-10-11(15-13(17)14-10)8-12(9)20(18,19)16-5-3-2-4-6-16/h7-8H,2-6H2,1H3,(H2,14,15,17). The lowest BCUT2D eigenvalue weighted by molar-refractivity contribution is 0.346. The minimum absolute atomic E-state index is 0.280. The van der Waals surface area contributed by atoms with E-state index < -0.39 is 10.0 Å². The van der Waals surface area contributed by atoms with Crippen LogP contribution in [0.3, 0.4) is 0 Å². The van der Waals surface area contributed by atoms with Crippen molar-refractivity contribution in [2.24, 2.45) is 0 Å². The molecule has 2 aromatic rings. The Hall–Kier alpha value is -1.60. The first-order valence-electron chi connectivity index (χ1n) is 6.71. The molecule has 1 aromatic heterocycles. The number of H-pyrrole nitrogens is 2. The van der Waals surface area contributed by atoms with E-state index in [2.05, 4.69) is 9.97 Å². The maximum Gasteiger partial charge on any atom is 0.323 e. The first kappa shape index (κ1) is 13.4. The van der Waals surface area contributed by atoms with Gasteiger partial charge in [0.1, 0.15) is 0 Å². The van der Waals surface area contributed by atoms with Crippen LogP contribution in [0.2, 0.25) is 0 Å². The fourth-order valence-corrected chi connectivity index (χ4v) is 4.44. The molecule has 108 valence electrons. The number of nitrogens with zero attached hydrogens (tertiary/aromatic N) is 1. The molecule has 1 saturated heterocycles. The van der Waals surface area contributed by atoms with E-state index in [1.54, 1.807) is 19.1 Å². The highest BCUT2D eigenvalue weighted by molar-refractivity contribution is 7.89. The Balaban J connectivity index is 2.12. The molecule has 6 nitrogen and oxygen atoms in total. The highest BCUT2D eigenvalue weighted by Gasteiger charge is 2.27. The average Bonchev–Trinajstić information content (AvgIpc) is 2.78. The van der Waals surface area contributed by atoms with Crippen LogP contribution in [0.15, 0.2) is 21.8 Å². The Labute approximate surface area is 116 Å². The third-order valence-corrected chi connectivity index (χ3v) is 5.78. The van der Waals surface area contributed by atoms with E-state index in [1.165, 1.54) is 4.31 Å². The van der Waals surface area contributed by atoms with Gasteiger partial charge in [0, 0.05) is 13.1 Å². The molecule has 20 heavy (non-hydrogen) atoms. The number of aromatic amines is 2. The second-order valence-electron chi connectivity index (χ2n) is 5.21. The van der Waals surface area contributed by atoms with Gasteiger partial charge in [-0.2, -0.15) is 4.31 Å². The summed E-state index contributed by atoms with van der Waals surface area (Å²) in [6, 6.07) is 3.25. The van der Waals surface area contributed by atoms with Crippen LogP contribution in [-0.2, 0) is 10.0 Å². The van der Waals surface area contributed by atoms with Crippen molar-refractivity contribution in [3.8, 4) is 0 Å². The molecular formula is C13H17N3O3S. The fourth-order valence-electron chi connectivity index (χ4n) is 2.69. The number of nitrogens with one attached hydrogen (secondary N) is 2. The van der Waals surface area contributed by atoms with Crippen molar-refractivity contribution in [3.05, 3.63) is 28.2 Å². The first-order chi connectivity index (χ1) is 9.48. The van der Waals surface area contributed by atoms with Crippen LogP contribution in [-0.4, -0.2) is 35.8 Å². The van der Waals surface area contributed by atoms with Gasteiger partial charge in [0.25, 0.3) is 0 Å². The first-order valence-corrected chi connectivity index (χ1v) is 8.15. The molecule has 1 aliphatic heterocycles. The maximum absolute atomic E-state index is 12.7. The second kappa shape index (κ2) is 4.75. The van der Waals surface area contributed by atoms with E-state index in [9.17, 15) is 13.2 Å². The van der Waals surface area contributed by atoms with Gasteiger partial charge >= 0.3 is 5.69 Å². The zero-order valence-corrected chi connectivity index (χ0v) is 12.1. The Kier molecular flexibility index (Phi) is 3.18. The summed E-state index contributed by atoms with van der Waals surface area (Å²) in [7, 11) is -3.48. The third-order valence-electron chi connectivity index (χ3n) is 3.74. The van der Waals surface area contributed by atoms with Gasteiger partial charge in [0.2, 0.25) is 10.0 Å². The Morgan fingerprint density at radius 3 is 2.30 bits per heavy atom. The fraction of sp³-hybridized carbons (Fsp3) is 0.462. The van der Waals surface area contributed by atoms with Crippen molar-refractivity contribution in [1.29, 1.82) is 0 Å². The smallest absolute Gasteiger partial charge is 0.306 e. The third kappa shape index (κ3) is 2.16. The minimum atomic E-state index is -3.48. The van der Waals surface area contributed by atoms with Crippen LogP contribution in [0.4, 0.5) is 0 Å². The topological polar surface area (TPSA) is 86.0 Å². The van der Waals surface area contributed by atoms with Crippen LogP contribution in [0.25, 0.3) is 11.0 Å². The van der Waals surface area contributed by atoms with Crippen molar-refractivity contribution < 1.29 is 8.42 Å². The highest BCUT2D eigenvalue weighted by atomic mass is 32.2. The summed E-state index contributed by atoms with van der Waals surface area (Å²) >= 11 is 0. The van der Waals surface area contributed by atoms with Crippen molar-refractivity contribution >= 4 is 21.1 Å². The zero-order chi connectivity index (χ0) is 14.3. The lowest BCUT2D eigenvalue weighted by atomic mass is 10.2. The second-order valence-corrected chi connectivity index (χ2v) is 7.11. The lowest BCUT2D eigenvalue weighted by Crippen LogP contribution is -2.35. The molecule has 0 unspecified atom stereocenters. The summed E-state index contributed by atoms with van der Waals surface area (Å²) in [5.41, 5.74) is 1.48. The molecule has 1 aliphatic rings. The number of benzene rings is 1. The van der Waals surface area contributed by atoms with Gasteiger partial charge in [-0.15, -0.1) is 0 Å². The molecule has 0 spiro atoms. The van der Waals surface area contributed by atoms with E-state index in [0.717, 1.165) is 19.3 Å². The molecule has 0 amide bonds. The number of aromatic nitrogens is 2. The van der Waals surface area contributed by atoms with Crippen molar-refractivity contribution in [3.63, 3.8) is 0 Å². The number of aryl methyl sites for hydroxylation is 1. The van der Waals surface area contributed by atoms with Crippen LogP contribution in [0.5, 0.6) is 0 Å². The van der Waals surface area contributed by atoms with Gasteiger partial charge in [0.15, 0.2) is 0 Å². The van der Waals surface area contributed by atoms with Crippen LogP contribution in [0, 0.1) is 6.92 Å². The van der Waals surface area contributed by atoms with Crippen molar-refractivity contribution in [2.75, 3.05) is 13.1 Å². The zero-order valence-electron chi connectivity index (χ0n) is 11.3. The number of sulfonamides is 1. The van der Waals surface area contributed by atoms with E-state index >= 15 is 0 Å². The number of hydrogen-bond donors (Lipinski definition) is 2. The molecule has 0 atom stereocenters. The summed E-state index contributed by atoms with van der Waals surface area (Å²) in [6.07, 6.45) is 2.89. The van der Waals surface area contributed by atoms with Crippen LogP contribution < -0.4 is 5.69 Å². The summed E-state index contributed by atoms with van der Waals surface area (Å²) < 4.78 is 26.9. The molecule has 0 aliphatic carbocycles. The highest BCUT2D eigenvalue weighted by Crippen LogP contribution is 2.25. The molecule has 2 N–H and O–H groups in total. The van der Waals surface area contributed by atoms with E-state index in [-0.39, 0.29) is 10.6 Å². The van der Waals surface area contributed by atoms with E-state index in [0.29, 0.717) is 29.7 Å². The molecule has 1 aromatic carbocycles. The van der Waals surface area contributed by atoms with Gasteiger partial charge in [0.05, 0.1) is 15.9 Å². The molecular weight excluding hydrogens is 278 g/mol. The van der Waals surface area contributed by atoms with Crippen LogP contribution in [0.1, 0.15) is 24.8 Å². The number of imidazole rings is 1. The predicted octanol–water partition coefficient (Wildman–Crippen LogP) is 1.34. The molecule has 1 fully saturated rings. The molecule has 2 heterocycles. The van der Waals surface area contributed by atoms with Gasteiger partial charge in [-0.25, -0.2) is 13.2 Å². The Morgan fingerprint density at radius 2 is 1.65 bits per heavy atom. The normalized spacial score (nSPS) is 17.6. The monoisotopic (exact) mass is 295 g/mol. The van der Waals surface area contributed by atoms with Crippen molar-refractivity contribution in [2.45, 2.75) is 31.1 Å². The Morgan fingerprint density at radius 1 is 1.05 bits per heavy atom. The quantitative estimate of drug-likeness (QED) is 0.876. The minimum Gasteiger partial charge on any atom is -0.306 e. The number of hydrogen-bond acceptors (Lipinski definition) is 3. The molecule has 7 heteroatoms. The van der Waals surface area contributed by atoms with E-state index in [4.69, 9.17) is 0 Å². The lowest BCUT2D eigenvalue weighted by Gasteiger charge is -2.26. The molecule has 0 saturated carbocycles. The average molecular weight is 295 g/mol. The van der Waals surface area contributed by atoms with Crippen LogP contribution >= 0.6 is 0 Å². The number of piperidine rings is 1. The van der Waals surface area contributed by atoms with Gasteiger partial charge in [-0.05, 0) is 37.5 Å². The summed E-state index contributed by atoms with van der Waals surface area (Å²) in [5, 5.41) is 0. The number of rotatable bonds is 2. The molecule has 0 radical (unpaired) electrons. The van der Waals surface area contributed by atoms with Gasteiger partial charge in [-0.3, -0.25) is 0 Å². The summed E-state index contributed by atoms with van der Waals surface area (Å²) in [4.78, 5) is 16.8. The summed E-state index contributed by atoms with van der Waals surface area (Å²) in [5.74, 6) is 0. The SMILES string of the molecule is Cc1cc2[nH]c(=O)[nH]c2cc1S(=O)(=O)N1CCCCC1. The van der Waals surface area contributed by atoms with E-state index in [1.807, 2.05) is 0 Å². The molecule has 3 rings (SSSR count). The van der Waals surface area contributed by atoms with Gasteiger partial charge in [-0.1, -0.05) is 6.42 Å². The van der Waals surface area contributed by atoms with Crippen molar-refractivity contribution in [1.82, 2.24) is 14.3 Å².